The Labute approximate surface area is 185 Å². The van der Waals surface area contributed by atoms with E-state index in [9.17, 15) is 4.79 Å². The average molecular weight is 429 g/mol. The zero-order valence-corrected chi connectivity index (χ0v) is 20.1. The molecule has 4 unspecified atom stereocenters. The van der Waals surface area contributed by atoms with Crippen LogP contribution in [0.15, 0.2) is 23.3 Å². The molecule has 4 fully saturated rings. The first-order valence-corrected chi connectivity index (χ1v) is 11.9. The summed E-state index contributed by atoms with van der Waals surface area (Å²) in [5, 5.41) is 0. The molecule has 0 radical (unpaired) electrons. The van der Waals surface area contributed by atoms with Crippen molar-refractivity contribution >= 4 is 5.78 Å². The molecule has 2 saturated heterocycles. The van der Waals surface area contributed by atoms with E-state index in [0.717, 1.165) is 17.6 Å². The molecule has 2 aliphatic heterocycles. The van der Waals surface area contributed by atoms with E-state index in [2.05, 4.69) is 39.8 Å². The second-order valence-electron chi connectivity index (χ2n) is 12.5. The number of Topliss-reactive ketones (excluding diaryl/α,β-unsaturated/α-hetero) is 1. The summed E-state index contributed by atoms with van der Waals surface area (Å²) in [4.78, 5) is 14.7. The lowest BCUT2D eigenvalue weighted by Crippen LogP contribution is -2.67. The van der Waals surface area contributed by atoms with Crippen molar-refractivity contribution in [1.29, 1.82) is 0 Å². The van der Waals surface area contributed by atoms with Crippen LogP contribution in [0, 0.1) is 34.5 Å². The van der Waals surface area contributed by atoms with Gasteiger partial charge >= 0.3 is 0 Å². The number of allylic oxidation sites excluding steroid dienone is 1. The van der Waals surface area contributed by atoms with Crippen LogP contribution in [0.1, 0.15) is 61.8 Å². The summed E-state index contributed by atoms with van der Waals surface area (Å²) in [5.41, 5.74) is 0.650. The molecule has 6 aliphatic rings. The van der Waals surface area contributed by atoms with Crippen molar-refractivity contribution in [1.82, 2.24) is 0 Å². The molecule has 2 bridgehead atoms. The highest BCUT2D eigenvalue weighted by Gasteiger charge is 2.80. The first-order valence-electron chi connectivity index (χ1n) is 11.9. The second-order valence-corrected chi connectivity index (χ2v) is 12.5. The normalized spacial score (nSPS) is 52.6. The van der Waals surface area contributed by atoms with Crippen LogP contribution >= 0.6 is 0 Å². The van der Waals surface area contributed by atoms with E-state index in [4.69, 9.17) is 18.9 Å². The molecule has 6 rings (SSSR count). The summed E-state index contributed by atoms with van der Waals surface area (Å²) < 4.78 is 26.2. The van der Waals surface area contributed by atoms with Gasteiger partial charge in [-0.05, 0) is 75.4 Å². The van der Waals surface area contributed by atoms with Crippen LogP contribution in [-0.4, -0.2) is 41.8 Å². The van der Waals surface area contributed by atoms with Crippen molar-refractivity contribution in [2.24, 2.45) is 34.5 Å². The first-order chi connectivity index (χ1) is 14.3. The van der Waals surface area contributed by atoms with Gasteiger partial charge < -0.3 is 18.9 Å². The molecule has 4 aliphatic carbocycles. The predicted octanol–water partition coefficient (Wildman–Crippen LogP) is 4.41. The number of ketones is 1. The van der Waals surface area contributed by atoms with Crippen LogP contribution in [0.3, 0.4) is 0 Å². The molecule has 31 heavy (non-hydrogen) atoms. The first kappa shape index (κ1) is 20.6. The van der Waals surface area contributed by atoms with Gasteiger partial charge in [-0.1, -0.05) is 32.9 Å². The van der Waals surface area contributed by atoms with E-state index in [1.54, 1.807) is 0 Å². The summed E-state index contributed by atoms with van der Waals surface area (Å²) >= 11 is 0. The van der Waals surface area contributed by atoms with Crippen molar-refractivity contribution < 1.29 is 23.7 Å². The number of ether oxygens (including phenoxy) is 4. The minimum absolute atomic E-state index is 0.134. The number of rotatable bonds is 0. The third-order valence-corrected chi connectivity index (χ3v) is 9.45. The highest BCUT2D eigenvalue weighted by Crippen LogP contribution is 2.73. The monoisotopic (exact) mass is 428 g/mol. The van der Waals surface area contributed by atoms with Crippen molar-refractivity contribution in [2.45, 2.75) is 91.2 Å². The highest BCUT2D eigenvalue weighted by molar-refractivity contribution is 5.95. The van der Waals surface area contributed by atoms with Gasteiger partial charge in [-0.25, -0.2) is 0 Å². The topological polar surface area (TPSA) is 54.0 Å². The molecular weight excluding hydrogens is 392 g/mol. The Bertz CT molecular complexity index is 941. The smallest absolute Gasteiger partial charge is 0.164 e. The van der Waals surface area contributed by atoms with E-state index in [-0.39, 0.29) is 29.5 Å². The highest BCUT2D eigenvalue weighted by atomic mass is 16.8. The number of carbonyl (C=O) groups excluding carboxylic acids is 1. The SMILES string of the molecule is CC1=CC23C(=O)C(C=C4COC(C)(C)O[C@H]4[C@@]24OC(C)(C)O[C@@H]14)C1C(C[C@H]3C)C1(C)C. The zero-order valence-electron chi connectivity index (χ0n) is 20.1. The summed E-state index contributed by atoms with van der Waals surface area (Å²) in [7, 11) is 0. The lowest BCUT2D eigenvalue weighted by molar-refractivity contribution is -0.304. The molecule has 5 heteroatoms. The molecule has 2 spiro atoms. The Morgan fingerprint density at radius 2 is 1.68 bits per heavy atom. The summed E-state index contributed by atoms with van der Waals surface area (Å²) in [6, 6.07) is 0. The van der Waals surface area contributed by atoms with Gasteiger partial charge in [-0.2, -0.15) is 0 Å². The fourth-order valence-corrected chi connectivity index (χ4v) is 8.17. The maximum absolute atomic E-state index is 14.7. The van der Waals surface area contributed by atoms with Crippen LogP contribution in [0.2, 0.25) is 0 Å². The fourth-order valence-electron chi connectivity index (χ4n) is 8.17. The number of fused-ring (bicyclic) bond motifs is 4. The van der Waals surface area contributed by atoms with Crippen molar-refractivity contribution in [3.63, 3.8) is 0 Å². The Balaban J connectivity index is 1.64. The molecule has 0 aromatic heterocycles. The van der Waals surface area contributed by atoms with Crippen LogP contribution in [0.4, 0.5) is 0 Å². The van der Waals surface area contributed by atoms with Gasteiger partial charge in [0.05, 0.1) is 12.0 Å². The third-order valence-electron chi connectivity index (χ3n) is 9.45. The van der Waals surface area contributed by atoms with E-state index in [0.29, 0.717) is 24.2 Å². The zero-order chi connectivity index (χ0) is 22.4. The number of hydrogen-bond donors (Lipinski definition) is 0. The van der Waals surface area contributed by atoms with Crippen molar-refractivity contribution in [2.75, 3.05) is 6.61 Å². The molecule has 170 valence electrons. The lowest BCUT2D eigenvalue weighted by atomic mass is 9.58. The number of carbonyl (C=O) groups is 1. The van der Waals surface area contributed by atoms with Gasteiger partial charge in [-0.3, -0.25) is 4.79 Å². The molecule has 0 amide bonds. The Hall–Kier alpha value is -1.01. The molecule has 0 N–H and O–H groups in total. The fraction of sp³-hybridized carbons (Fsp3) is 0.808. The van der Waals surface area contributed by atoms with Gasteiger partial charge in [0.2, 0.25) is 0 Å². The van der Waals surface area contributed by atoms with Crippen molar-refractivity contribution in [3.8, 4) is 0 Å². The minimum atomic E-state index is -0.903. The summed E-state index contributed by atoms with van der Waals surface area (Å²) in [5.74, 6) is -0.335. The van der Waals surface area contributed by atoms with Gasteiger partial charge in [0.25, 0.3) is 0 Å². The van der Waals surface area contributed by atoms with Crippen molar-refractivity contribution in [3.05, 3.63) is 23.3 Å². The molecule has 0 aromatic carbocycles. The molecule has 2 heterocycles. The Morgan fingerprint density at radius 3 is 2.39 bits per heavy atom. The largest absolute Gasteiger partial charge is 0.346 e. The Morgan fingerprint density at radius 1 is 1.00 bits per heavy atom. The number of hydrogen-bond acceptors (Lipinski definition) is 5. The molecular formula is C26H36O5. The lowest BCUT2D eigenvalue weighted by Gasteiger charge is -2.53. The predicted molar refractivity (Wildman–Crippen MR) is 115 cm³/mol. The molecule has 5 nitrogen and oxygen atoms in total. The van der Waals surface area contributed by atoms with Crippen LogP contribution in [0.5, 0.6) is 0 Å². The quantitative estimate of drug-likeness (QED) is 0.535. The maximum Gasteiger partial charge on any atom is 0.164 e. The molecule has 0 aromatic rings. The van der Waals surface area contributed by atoms with Crippen LogP contribution in [0.25, 0.3) is 0 Å². The van der Waals surface area contributed by atoms with Gasteiger partial charge in [0.15, 0.2) is 17.4 Å². The molecule has 8 atom stereocenters. The van der Waals surface area contributed by atoms with Crippen LogP contribution < -0.4 is 0 Å². The van der Waals surface area contributed by atoms with E-state index in [1.165, 1.54) is 0 Å². The van der Waals surface area contributed by atoms with E-state index >= 15 is 0 Å². The standard InChI is InChI=1S/C26H36O5/c1-13-11-25-14(2)9-17-18(22(17,3)4)16(19(25)27)10-15-12-28-23(5,6)30-21(15)26(25)20(13)29-24(7,8)31-26/h10-11,14,16-18,20-21H,9,12H2,1-8H3/t14-,16?,17?,18?,20+,21-,25?,26-/m1/s1. The van der Waals surface area contributed by atoms with E-state index < -0.39 is 22.6 Å². The maximum atomic E-state index is 14.7. The summed E-state index contributed by atoms with van der Waals surface area (Å²) in [6.07, 6.45) is 4.76. The average Bonchev–Trinajstić information content (AvgIpc) is 2.97. The van der Waals surface area contributed by atoms with Crippen LogP contribution in [-0.2, 0) is 23.7 Å². The second kappa shape index (κ2) is 5.55. The van der Waals surface area contributed by atoms with Gasteiger partial charge in [0, 0.05) is 5.92 Å². The summed E-state index contributed by atoms with van der Waals surface area (Å²) in [6.45, 7) is 17.3. The van der Waals surface area contributed by atoms with Gasteiger partial charge in [0.1, 0.15) is 17.8 Å². The van der Waals surface area contributed by atoms with E-state index in [1.807, 2.05) is 27.7 Å². The Kier molecular flexibility index (Phi) is 3.68. The third kappa shape index (κ3) is 2.24. The minimum Gasteiger partial charge on any atom is -0.346 e. The molecule has 2 saturated carbocycles. The van der Waals surface area contributed by atoms with Gasteiger partial charge in [-0.15, -0.1) is 0 Å².